The van der Waals surface area contributed by atoms with Gasteiger partial charge in [-0.3, -0.25) is 4.79 Å². The fourth-order valence-corrected chi connectivity index (χ4v) is 1.80. The highest BCUT2D eigenvalue weighted by molar-refractivity contribution is 5.73. The predicted molar refractivity (Wildman–Crippen MR) is 67.0 cm³/mol. The minimum Gasteiger partial charge on any atom is -0.298 e. The van der Waals surface area contributed by atoms with Gasteiger partial charge in [0.15, 0.2) is 0 Å². The Hall–Kier alpha value is -0.590. The molecule has 0 radical (unpaired) electrons. The van der Waals surface area contributed by atoms with E-state index in [9.17, 15) is 4.79 Å². The van der Waals surface area contributed by atoms with Crippen molar-refractivity contribution in [3.8, 4) is 0 Å². The molecular weight excluding hydrogens is 184 g/mol. The van der Waals surface area contributed by atoms with Crippen molar-refractivity contribution < 1.29 is 4.79 Å². The Balaban J connectivity index is 3.83. The molecule has 1 atom stereocenters. The second-order valence-electron chi connectivity index (χ2n) is 4.36. The van der Waals surface area contributed by atoms with Crippen LogP contribution in [-0.4, -0.2) is 6.29 Å². The van der Waals surface area contributed by atoms with Crippen molar-refractivity contribution in [1.29, 1.82) is 0 Å². The quantitative estimate of drug-likeness (QED) is 0.311. The van der Waals surface area contributed by atoms with Crippen molar-refractivity contribution in [1.82, 2.24) is 0 Å². The molecule has 0 fully saturated rings. The summed E-state index contributed by atoms with van der Waals surface area (Å²) in [5.41, 5.74) is 1.01. The number of unbranched alkanes of at least 4 members (excludes halogenated alkanes) is 4. The molecule has 0 bridgehead atoms. The van der Waals surface area contributed by atoms with Crippen LogP contribution in [-0.2, 0) is 4.79 Å². The molecule has 0 aromatic rings. The van der Waals surface area contributed by atoms with Gasteiger partial charge in [0.25, 0.3) is 0 Å². The molecule has 0 aromatic carbocycles. The van der Waals surface area contributed by atoms with Crippen LogP contribution in [0.2, 0.25) is 0 Å². The van der Waals surface area contributed by atoms with Crippen LogP contribution in [0.1, 0.15) is 65.7 Å². The van der Waals surface area contributed by atoms with Crippen LogP contribution in [0.4, 0.5) is 0 Å². The first-order chi connectivity index (χ1) is 7.26. The lowest BCUT2D eigenvalue weighted by molar-refractivity contribution is -0.105. The van der Waals surface area contributed by atoms with E-state index >= 15 is 0 Å². The van der Waals surface area contributed by atoms with Gasteiger partial charge in [-0.2, -0.15) is 0 Å². The molecule has 0 N–H and O–H groups in total. The highest BCUT2D eigenvalue weighted by atomic mass is 16.1. The monoisotopic (exact) mass is 210 g/mol. The molecule has 1 unspecified atom stereocenters. The van der Waals surface area contributed by atoms with Gasteiger partial charge in [-0.1, -0.05) is 52.5 Å². The van der Waals surface area contributed by atoms with E-state index in [1.165, 1.54) is 25.7 Å². The summed E-state index contributed by atoms with van der Waals surface area (Å²) in [6.07, 6.45) is 11.6. The smallest absolute Gasteiger partial charge is 0.145 e. The van der Waals surface area contributed by atoms with Crippen LogP contribution < -0.4 is 0 Å². The van der Waals surface area contributed by atoms with Gasteiger partial charge in [-0.25, -0.2) is 0 Å². The van der Waals surface area contributed by atoms with Gasteiger partial charge in [-0.15, -0.1) is 0 Å². The van der Waals surface area contributed by atoms with Crippen LogP contribution in [0.5, 0.6) is 0 Å². The van der Waals surface area contributed by atoms with Gasteiger partial charge in [-0.05, 0) is 30.8 Å². The number of carbonyl (C=O) groups excluding carboxylic acids is 1. The maximum atomic E-state index is 10.9. The third-order valence-corrected chi connectivity index (χ3v) is 2.86. The van der Waals surface area contributed by atoms with E-state index in [-0.39, 0.29) is 0 Å². The molecule has 0 aromatic heterocycles. The van der Waals surface area contributed by atoms with Crippen LogP contribution >= 0.6 is 0 Å². The maximum Gasteiger partial charge on any atom is 0.145 e. The first-order valence-electron chi connectivity index (χ1n) is 6.41. The summed E-state index contributed by atoms with van der Waals surface area (Å²) in [6.45, 7) is 6.53. The van der Waals surface area contributed by atoms with Gasteiger partial charge < -0.3 is 0 Å². The number of carbonyl (C=O) groups is 1. The molecule has 0 aliphatic heterocycles. The van der Waals surface area contributed by atoms with E-state index in [1.54, 1.807) is 0 Å². The Labute approximate surface area is 95.0 Å². The van der Waals surface area contributed by atoms with E-state index < -0.39 is 0 Å². The topological polar surface area (TPSA) is 17.1 Å². The van der Waals surface area contributed by atoms with Crippen molar-refractivity contribution in [3.63, 3.8) is 0 Å². The van der Waals surface area contributed by atoms with Crippen LogP contribution in [0.15, 0.2) is 11.6 Å². The highest BCUT2D eigenvalue weighted by Crippen LogP contribution is 2.16. The van der Waals surface area contributed by atoms with Crippen molar-refractivity contribution in [2.45, 2.75) is 65.7 Å². The Bertz CT molecular complexity index is 182. The van der Waals surface area contributed by atoms with Crippen molar-refractivity contribution >= 4 is 6.29 Å². The molecule has 0 aliphatic rings. The average Bonchev–Trinajstić information content (AvgIpc) is 2.23. The van der Waals surface area contributed by atoms with Gasteiger partial charge in [0.1, 0.15) is 6.29 Å². The van der Waals surface area contributed by atoms with Crippen LogP contribution in [0.25, 0.3) is 0 Å². The fraction of sp³-hybridized carbons (Fsp3) is 0.786. The standard InChI is InChI=1S/C14H26O/c1-4-6-7-8-9-11-14(12-15)13(3)10-5-2/h11-13H,4-10H2,1-3H3/b14-11+. The summed E-state index contributed by atoms with van der Waals surface area (Å²) in [6, 6.07) is 0. The van der Waals surface area contributed by atoms with Crippen molar-refractivity contribution in [3.05, 3.63) is 11.6 Å². The third-order valence-electron chi connectivity index (χ3n) is 2.86. The minimum atomic E-state index is 0.443. The normalized spacial score (nSPS) is 13.9. The summed E-state index contributed by atoms with van der Waals surface area (Å²) < 4.78 is 0. The largest absolute Gasteiger partial charge is 0.298 e. The predicted octanol–water partition coefficient (Wildman–Crippen LogP) is 4.52. The van der Waals surface area contributed by atoms with Gasteiger partial charge in [0, 0.05) is 0 Å². The second kappa shape index (κ2) is 9.95. The van der Waals surface area contributed by atoms with Crippen LogP contribution in [0.3, 0.4) is 0 Å². The Morgan fingerprint density at radius 3 is 2.40 bits per heavy atom. The summed E-state index contributed by atoms with van der Waals surface area (Å²) in [7, 11) is 0. The Kier molecular flexibility index (Phi) is 9.55. The lowest BCUT2D eigenvalue weighted by Crippen LogP contribution is -2.00. The summed E-state index contributed by atoms with van der Waals surface area (Å²) >= 11 is 0. The summed E-state index contributed by atoms with van der Waals surface area (Å²) in [4.78, 5) is 10.9. The third kappa shape index (κ3) is 7.35. The molecule has 0 saturated carbocycles. The highest BCUT2D eigenvalue weighted by Gasteiger charge is 2.05. The SMILES string of the molecule is CCCCCC/C=C(\C=O)C(C)CCC. The van der Waals surface area contributed by atoms with Crippen molar-refractivity contribution in [2.24, 2.45) is 5.92 Å². The Morgan fingerprint density at radius 2 is 1.87 bits per heavy atom. The second-order valence-corrected chi connectivity index (χ2v) is 4.36. The average molecular weight is 210 g/mol. The number of allylic oxidation sites excluding steroid dienone is 2. The number of aldehydes is 1. The minimum absolute atomic E-state index is 0.443. The zero-order chi connectivity index (χ0) is 11.5. The fourth-order valence-electron chi connectivity index (χ4n) is 1.80. The van der Waals surface area contributed by atoms with Gasteiger partial charge in [0.05, 0.1) is 0 Å². The molecule has 88 valence electrons. The zero-order valence-electron chi connectivity index (χ0n) is 10.6. The molecule has 0 heterocycles. The molecule has 0 amide bonds. The van der Waals surface area contributed by atoms with Crippen LogP contribution in [0, 0.1) is 5.92 Å². The van der Waals surface area contributed by atoms with E-state index in [2.05, 4.69) is 26.8 Å². The molecule has 0 saturated heterocycles. The van der Waals surface area contributed by atoms with Gasteiger partial charge in [0.2, 0.25) is 0 Å². The van der Waals surface area contributed by atoms with E-state index in [4.69, 9.17) is 0 Å². The first kappa shape index (κ1) is 14.4. The zero-order valence-corrected chi connectivity index (χ0v) is 10.6. The number of rotatable bonds is 9. The number of hydrogen-bond acceptors (Lipinski definition) is 1. The van der Waals surface area contributed by atoms with Crippen molar-refractivity contribution in [2.75, 3.05) is 0 Å². The molecule has 0 aliphatic carbocycles. The molecule has 0 rings (SSSR count). The van der Waals surface area contributed by atoms with E-state index in [1.807, 2.05) is 0 Å². The molecule has 1 nitrogen and oxygen atoms in total. The first-order valence-corrected chi connectivity index (χ1v) is 6.41. The van der Waals surface area contributed by atoms with E-state index in [0.717, 1.165) is 31.1 Å². The lowest BCUT2D eigenvalue weighted by Gasteiger charge is -2.09. The Morgan fingerprint density at radius 1 is 1.13 bits per heavy atom. The summed E-state index contributed by atoms with van der Waals surface area (Å²) in [5.74, 6) is 0.443. The maximum absolute atomic E-state index is 10.9. The van der Waals surface area contributed by atoms with E-state index in [0.29, 0.717) is 5.92 Å². The lowest BCUT2D eigenvalue weighted by atomic mass is 9.96. The molecular formula is C14H26O. The molecule has 0 spiro atoms. The summed E-state index contributed by atoms with van der Waals surface area (Å²) in [5, 5.41) is 0. The molecule has 1 heteroatoms. The van der Waals surface area contributed by atoms with Gasteiger partial charge >= 0.3 is 0 Å². The number of hydrogen-bond donors (Lipinski definition) is 0. The molecule has 15 heavy (non-hydrogen) atoms.